The van der Waals surface area contributed by atoms with E-state index >= 15 is 0 Å². The number of hydrogen-bond donors (Lipinski definition) is 2. The van der Waals surface area contributed by atoms with Crippen LogP contribution in [0.4, 0.5) is 0 Å². The number of rotatable bonds is 4. The Bertz CT molecular complexity index is 434. The summed E-state index contributed by atoms with van der Waals surface area (Å²) in [4.78, 5) is 26.5. The highest BCUT2D eigenvalue weighted by molar-refractivity contribution is 6.32. The minimum absolute atomic E-state index is 0.0536. The lowest BCUT2D eigenvalue weighted by molar-refractivity contribution is -0.140. The second-order valence-corrected chi connectivity index (χ2v) is 4.23. The van der Waals surface area contributed by atoms with E-state index in [1.54, 1.807) is 19.9 Å². The number of carbonyl (C=O) groups excluding carboxylic acids is 1. The van der Waals surface area contributed by atoms with Crippen molar-refractivity contribution in [1.82, 2.24) is 10.3 Å². The fourth-order valence-corrected chi connectivity index (χ4v) is 1.49. The monoisotopic (exact) mass is 256 g/mol. The van der Waals surface area contributed by atoms with Crippen molar-refractivity contribution >= 4 is 23.5 Å². The van der Waals surface area contributed by atoms with Gasteiger partial charge in [-0.2, -0.15) is 0 Å². The summed E-state index contributed by atoms with van der Waals surface area (Å²) in [5.41, 5.74) is 0.168. The Labute approximate surface area is 104 Å². The van der Waals surface area contributed by atoms with Crippen LogP contribution >= 0.6 is 11.6 Å². The zero-order chi connectivity index (χ0) is 13.0. The van der Waals surface area contributed by atoms with E-state index in [9.17, 15) is 9.59 Å². The van der Waals surface area contributed by atoms with Crippen LogP contribution in [0, 0.1) is 5.92 Å². The number of pyridine rings is 1. The van der Waals surface area contributed by atoms with E-state index < -0.39 is 17.9 Å². The maximum absolute atomic E-state index is 11.8. The Morgan fingerprint density at radius 2 is 2.12 bits per heavy atom. The Morgan fingerprint density at radius 1 is 1.47 bits per heavy atom. The van der Waals surface area contributed by atoms with Crippen molar-refractivity contribution in [2.75, 3.05) is 0 Å². The molecule has 0 aliphatic rings. The minimum atomic E-state index is -1.08. The summed E-state index contributed by atoms with van der Waals surface area (Å²) in [6.07, 6.45) is 1.45. The molecule has 6 heteroatoms. The molecule has 1 aromatic rings. The van der Waals surface area contributed by atoms with E-state index in [1.165, 1.54) is 12.3 Å². The van der Waals surface area contributed by atoms with Crippen LogP contribution in [-0.4, -0.2) is 28.0 Å². The molecule has 0 saturated carbocycles. The maximum atomic E-state index is 11.8. The van der Waals surface area contributed by atoms with Gasteiger partial charge in [0, 0.05) is 6.20 Å². The molecule has 92 valence electrons. The number of aromatic nitrogens is 1. The molecule has 0 fully saturated rings. The van der Waals surface area contributed by atoms with Crippen LogP contribution in [0.1, 0.15) is 24.2 Å². The highest BCUT2D eigenvalue weighted by Gasteiger charge is 2.24. The van der Waals surface area contributed by atoms with Crippen molar-refractivity contribution in [2.45, 2.75) is 19.9 Å². The van der Waals surface area contributed by atoms with Crippen LogP contribution in [0.25, 0.3) is 0 Å². The third-order valence-electron chi connectivity index (χ3n) is 2.22. The lowest BCUT2D eigenvalue weighted by Gasteiger charge is -2.17. The fourth-order valence-electron chi connectivity index (χ4n) is 1.29. The Morgan fingerprint density at radius 3 is 2.59 bits per heavy atom. The minimum Gasteiger partial charge on any atom is -0.480 e. The molecule has 0 bridgehead atoms. The van der Waals surface area contributed by atoms with E-state index in [0.717, 1.165) is 0 Å². The van der Waals surface area contributed by atoms with Crippen LogP contribution in [0.3, 0.4) is 0 Å². The molecule has 0 aromatic carbocycles. The molecule has 0 aliphatic heterocycles. The van der Waals surface area contributed by atoms with Crippen LogP contribution in [0.5, 0.6) is 0 Å². The third kappa shape index (κ3) is 3.42. The molecule has 1 heterocycles. The summed E-state index contributed by atoms with van der Waals surface area (Å²) < 4.78 is 0. The van der Waals surface area contributed by atoms with Gasteiger partial charge in [0.15, 0.2) is 0 Å². The standard InChI is InChI=1S/C11H13ClN2O3/c1-6(2)8(11(16)17)14-10(15)7-4-3-5-13-9(7)12/h3-6,8H,1-2H3,(H,14,15)(H,16,17)/t8-/m0/s1. The predicted octanol–water partition coefficient (Wildman–Crippen LogP) is 1.57. The van der Waals surface area contributed by atoms with Crippen molar-refractivity contribution in [1.29, 1.82) is 0 Å². The van der Waals surface area contributed by atoms with Crippen molar-refractivity contribution in [3.8, 4) is 0 Å². The second kappa shape index (κ2) is 5.63. The molecule has 17 heavy (non-hydrogen) atoms. The number of amides is 1. The average Bonchev–Trinajstić information content (AvgIpc) is 2.25. The van der Waals surface area contributed by atoms with Gasteiger partial charge in [-0.05, 0) is 18.1 Å². The van der Waals surface area contributed by atoms with E-state index in [-0.39, 0.29) is 16.6 Å². The summed E-state index contributed by atoms with van der Waals surface area (Å²) in [5.74, 6) is -1.83. The lowest BCUT2D eigenvalue weighted by atomic mass is 10.0. The largest absolute Gasteiger partial charge is 0.480 e. The van der Waals surface area contributed by atoms with Gasteiger partial charge in [-0.1, -0.05) is 25.4 Å². The van der Waals surface area contributed by atoms with Crippen molar-refractivity contribution in [3.05, 3.63) is 29.0 Å². The van der Waals surface area contributed by atoms with Crippen LogP contribution in [0.15, 0.2) is 18.3 Å². The highest BCUT2D eigenvalue weighted by Crippen LogP contribution is 2.12. The van der Waals surface area contributed by atoms with Gasteiger partial charge in [-0.3, -0.25) is 4.79 Å². The number of carboxylic acids is 1. The number of nitrogens with one attached hydrogen (secondary N) is 1. The molecular formula is C11H13ClN2O3. The molecular weight excluding hydrogens is 244 g/mol. The van der Waals surface area contributed by atoms with Crippen LogP contribution in [0.2, 0.25) is 5.15 Å². The number of carboxylic acid groups (broad SMARTS) is 1. The first-order valence-corrected chi connectivity index (χ1v) is 5.45. The predicted molar refractivity (Wildman–Crippen MR) is 63.0 cm³/mol. The summed E-state index contributed by atoms with van der Waals surface area (Å²) in [6, 6.07) is 2.11. The van der Waals surface area contributed by atoms with Gasteiger partial charge < -0.3 is 10.4 Å². The second-order valence-electron chi connectivity index (χ2n) is 3.88. The quantitative estimate of drug-likeness (QED) is 0.802. The molecule has 5 nitrogen and oxygen atoms in total. The molecule has 0 saturated heterocycles. The topological polar surface area (TPSA) is 79.3 Å². The van der Waals surface area contributed by atoms with Gasteiger partial charge in [0.25, 0.3) is 5.91 Å². The SMILES string of the molecule is CC(C)[C@H](NC(=O)c1cccnc1Cl)C(=O)O. The normalized spacial score (nSPS) is 12.2. The Hall–Kier alpha value is -1.62. The zero-order valence-corrected chi connectivity index (χ0v) is 10.2. The van der Waals surface area contributed by atoms with Gasteiger partial charge in [0.05, 0.1) is 5.56 Å². The van der Waals surface area contributed by atoms with Crippen LogP contribution in [-0.2, 0) is 4.79 Å². The summed E-state index contributed by atoms with van der Waals surface area (Å²) in [5, 5.41) is 11.4. The van der Waals surface area contributed by atoms with Gasteiger partial charge in [-0.15, -0.1) is 0 Å². The number of halogens is 1. The molecule has 2 N–H and O–H groups in total. The van der Waals surface area contributed by atoms with Crippen LogP contribution < -0.4 is 5.32 Å². The summed E-state index contributed by atoms with van der Waals surface area (Å²) in [6.45, 7) is 3.42. The molecule has 0 unspecified atom stereocenters. The third-order valence-corrected chi connectivity index (χ3v) is 2.52. The highest BCUT2D eigenvalue weighted by atomic mass is 35.5. The van der Waals surface area contributed by atoms with Gasteiger partial charge in [-0.25, -0.2) is 9.78 Å². The summed E-state index contributed by atoms with van der Waals surface area (Å²) in [7, 11) is 0. The number of carbonyl (C=O) groups is 2. The molecule has 0 radical (unpaired) electrons. The Balaban J connectivity index is 2.85. The van der Waals surface area contributed by atoms with E-state index in [2.05, 4.69) is 10.3 Å². The number of aliphatic carboxylic acids is 1. The van der Waals surface area contributed by atoms with Gasteiger partial charge in [0.1, 0.15) is 11.2 Å². The molecule has 1 amide bonds. The van der Waals surface area contributed by atoms with Crippen molar-refractivity contribution in [3.63, 3.8) is 0 Å². The molecule has 1 rings (SSSR count). The molecule has 1 atom stereocenters. The van der Waals surface area contributed by atoms with Gasteiger partial charge in [0.2, 0.25) is 0 Å². The van der Waals surface area contributed by atoms with E-state index in [0.29, 0.717) is 0 Å². The molecule has 0 aliphatic carbocycles. The molecule has 0 spiro atoms. The van der Waals surface area contributed by atoms with E-state index in [1.807, 2.05) is 0 Å². The smallest absolute Gasteiger partial charge is 0.326 e. The first-order chi connectivity index (χ1) is 7.93. The van der Waals surface area contributed by atoms with E-state index in [4.69, 9.17) is 16.7 Å². The lowest BCUT2D eigenvalue weighted by Crippen LogP contribution is -2.44. The van der Waals surface area contributed by atoms with Gasteiger partial charge >= 0.3 is 5.97 Å². The average molecular weight is 257 g/mol. The number of nitrogens with zero attached hydrogens (tertiary/aromatic N) is 1. The summed E-state index contributed by atoms with van der Waals surface area (Å²) >= 11 is 5.74. The first kappa shape index (κ1) is 13.4. The zero-order valence-electron chi connectivity index (χ0n) is 9.48. The maximum Gasteiger partial charge on any atom is 0.326 e. The Kier molecular flexibility index (Phi) is 4.45. The number of hydrogen-bond acceptors (Lipinski definition) is 3. The first-order valence-electron chi connectivity index (χ1n) is 5.07. The fraction of sp³-hybridized carbons (Fsp3) is 0.364. The van der Waals surface area contributed by atoms with Crippen molar-refractivity contribution in [2.24, 2.45) is 5.92 Å². The van der Waals surface area contributed by atoms with Crippen molar-refractivity contribution < 1.29 is 14.7 Å². The molecule has 1 aromatic heterocycles.